The number of hydrogen-bond donors (Lipinski definition) is 1. The van der Waals surface area contributed by atoms with Gasteiger partial charge in [-0.05, 0) is 52.5 Å². The number of H-pyrrole nitrogens is 1. The fourth-order valence-corrected chi connectivity index (χ4v) is 4.10. The minimum atomic E-state index is -5.14. The highest BCUT2D eigenvalue weighted by molar-refractivity contribution is 5.93. The molecule has 3 rings (SSSR count). The molecule has 1 aromatic heterocycles. The third-order valence-electron chi connectivity index (χ3n) is 5.94. The molecule has 39 heavy (non-hydrogen) atoms. The maximum Gasteiger partial charge on any atom is 0.419 e. The van der Waals surface area contributed by atoms with E-state index >= 15 is 0 Å². The normalized spacial score (nSPS) is 18.5. The number of imide groups is 1. The number of benzene rings is 1. The summed E-state index contributed by atoms with van der Waals surface area (Å²) in [6.07, 6.45) is -3.74. The molecule has 11 nitrogen and oxygen atoms in total. The number of amides is 2. The molecule has 1 aliphatic carbocycles. The number of rotatable bonds is 7. The molecule has 2 aromatic rings. The minimum absolute atomic E-state index is 0.319. The van der Waals surface area contributed by atoms with Crippen molar-refractivity contribution in [2.75, 3.05) is 20.2 Å². The summed E-state index contributed by atoms with van der Waals surface area (Å²) in [5.41, 5.74) is -0.869. The van der Waals surface area contributed by atoms with E-state index in [0.717, 1.165) is 0 Å². The SMILES string of the molecule is COc1cc2nc[nH]c(=O)c2cc1OC1CCC(C(=O)N(CCN=C([O-])C(F)(F)F)C(=O)OC(C)(C)C)CC1. The van der Waals surface area contributed by atoms with Crippen LogP contribution in [0.5, 0.6) is 11.5 Å². The van der Waals surface area contributed by atoms with Gasteiger partial charge in [0.25, 0.3) is 5.56 Å². The van der Waals surface area contributed by atoms with Gasteiger partial charge in [-0.2, -0.15) is 13.2 Å². The van der Waals surface area contributed by atoms with Crippen molar-refractivity contribution in [2.24, 2.45) is 10.9 Å². The van der Waals surface area contributed by atoms with Crippen LogP contribution in [-0.2, 0) is 9.53 Å². The summed E-state index contributed by atoms with van der Waals surface area (Å²) in [5, 5.41) is 11.4. The van der Waals surface area contributed by atoms with Gasteiger partial charge in [0, 0.05) is 12.0 Å². The lowest BCUT2D eigenvalue weighted by molar-refractivity contribution is -0.262. The van der Waals surface area contributed by atoms with Crippen LogP contribution < -0.4 is 20.1 Å². The van der Waals surface area contributed by atoms with Gasteiger partial charge < -0.3 is 24.3 Å². The van der Waals surface area contributed by atoms with Crippen molar-refractivity contribution in [3.63, 3.8) is 0 Å². The number of halogens is 3. The summed E-state index contributed by atoms with van der Waals surface area (Å²) in [5.74, 6) is -2.82. The van der Waals surface area contributed by atoms with E-state index in [9.17, 15) is 32.7 Å². The number of ether oxygens (including phenoxy) is 3. The lowest BCUT2D eigenvalue weighted by Crippen LogP contribution is -2.46. The van der Waals surface area contributed by atoms with Crippen LogP contribution in [0.3, 0.4) is 0 Å². The Balaban J connectivity index is 1.69. The highest BCUT2D eigenvalue weighted by Gasteiger charge is 2.35. The molecule has 14 heteroatoms. The Labute approximate surface area is 222 Å². The molecule has 1 aromatic carbocycles. The number of aromatic amines is 1. The number of alkyl halides is 3. The van der Waals surface area contributed by atoms with Crippen LogP contribution in [0.2, 0.25) is 0 Å². The number of fused-ring (bicyclic) bond motifs is 1. The van der Waals surface area contributed by atoms with E-state index < -0.39 is 48.7 Å². The van der Waals surface area contributed by atoms with Crippen molar-refractivity contribution < 1.29 is 42.1 Å². The second kappa shape index (κ2) is 11.9. The molecular formula is C25H30F3N4O7-. The summed E-state index contributed by atoms with van der Waals surface area (Å²) in [4.78, 5) is 48.3. The van der Waals surface area contributed by atoms with Crippen LogP contribution >= 0.6 is 0 Å². The highest BCUT2D eigenvalue weighted by atomic mass is 19.4. The van der Waals surface area contributed by atoms with Gasteiger partial charge in [-0.25, -0.2) is 14.7 Å². The Morgan fingerprint density at radius 2 is 1.82 bits per heavy atom. The van der Waals surface area contributed by atoms with Crippen molar-refractivity contribution in [1.29, 1.82) is 0 Å². The minimum Gasteiger partial charge on any atom is -0.856 e. The Hall–Kier alpha value is -3.84. The molecule has 214 valence electrons. The topological polar surface area (TPSA) is 146 Å². The maximum atomic E-state index is 13.2. The third-order valence-corrected chi connectivity index (χ3v) is 5.94. The van der Waals surface area contributed by atoms with Crippen LogP contribution in [0.4, 0.5) is 18.0 Å². The van der Waals surface area contributed by atoms with E-state index in [1.165, 1.54) is 19.5 Å². The van der Waals surface area contributed by atoms with E-state index in [4.69, 9.17) is 14.2 Å². The summed E-state index contributed by atoms with van der Waals surface area (Å²) in [6.45, 7) is 3.50. The van der Waals surface area contributed by atoms with Crippen molar-refractivity contribution >= 4 is 28.8 Å². The molecule has 0 spiro atoms. The predicted molar refractivity (Wildman–Crippen MR) is 132 cm³/mol. The number of nitrogens with zero attached hydrogens (tertiary/aromatic N) is 3. The number of aromatic nitrogens is 2. The molecule has 0 radical (unpaired) electrons. The molecule has 1 heterocycles. The van der Waals surface area contributed by atoms with Crippen molar-refractivity contribution in [3.05, 3.63) is 28.8 Å². The monoisotopic (exact) mass is 555 g/mol. The molecular weight excluding hydrogens is 525 g/mol. The average molecular weight is 556 g/mol. The summed E-state index contributed by atoms with van der Waals surface area (Å²) in [7, 11) is 1.45. The zero-order chi connectivity index (χ0) is 29.0. The fraction of sp³-hybridized carbons (Fsp3) is 0.560. The van der Waals surface area contributed by atoms with Crippen molar-refractivity contribution in [1.82, 2.24) is 14.9 Å². The first-order valence-electron chi connectivity index (χ1n) is 12.2. The summed E-state index contributed by atoms with van der Waals surface area (Å²) in [6, 6.07) is 3.12. The number of methoxy groups -OCH3 is 1. The smallest absolute Gasteiger partial charge is 0.419 e. The largest absolute Gasteiger partial charge is 0.856 e. The third kappa shape index (κ3) is 7.83. The zero-order valence-electron chi connectivity index (χ0n) is 22.0. The van der Waals surface area contributed by atoms with Crippen LogP contribution in [0.15, 0.2) is 28.2 Å². The Morgan fingerprint density at radius 1 is 1.15 bits per heavy atom. The zero-order valence-corrected chi connectivity index (χ0v) is 22.0. The molecule has 1 fully saturated rings. The van der Waals surface area contributed by atoms with Gasteiger partial charge in [0.05, 0.1) is 49.4 Å². The number of hydrogen-bond acceptors (Lipinski definition) is 9. The molecule has 0 unspecified atom stereocenters. The molecule has 0 saturated heterocycles. The van der Waals surface area contributed by atoms with Gasteiger partial charge >= 0.3 is 12.3 Å². The predicted octanol–water partition coefficient (Wildman–Crippen LogP) is 2.95. The van der Waals surface area contributed by atoms with E-state index in [2.05, 4.69) is 15.0 Å². The molecule has 1 aliphatic rings. The van der Waals surface area contributed by atoms with Crippen LogP contribution in [0.25, 0.3) is 10.9 Å². The Kier molecular flexibility index (Phi) is 9.07. The summed E-state index contributed by atoms with van der Waals surface area (Å²) < 4.78 is 54.2. The lowest BCUT2D eigenvalue weighted by Gasteiger charge is -2.32. The number of nitrogens with one attached hydrogen (secondary N) is 1. The maximum absolute atomic E-state index is 13.2. The van der Waals surface area contributed by atoms with Gasteiger partial charge in [-0.1, -0.05) is 0 Å². The number of carbonyl (C=O) groups excluding carboxylic acids is 2. The number of aliphatic imine (C=N–C) groups is 1. The fourth-order valence-electron chi connectivity index (χ4n) is 4.10. The summed E-state index contributed by atoms with van der Waals surface area (Å²) >= 11 is 0. The van der Waals surface area contributed by atoms with Crippen molar-refractivity contribution in [3.8, 4) is 11.5 Å². The first-order chi connectivity index (χ1) is 18.2. The molecule has 0 aliphatic heterocycles. The molecule has 2 amide bonds. The first kappa shape index (κ1) is 29.7. The Morgan fingerprint density at radius 3 is 2.41 bits per heavy atom. The first-order valence-corrected chi connectivity index (χ1v) is 12.2. The second-order valence-corrected chi connectivity index (χ2v) is 10.00. The van der Waals surface area contributed by atoms with Gasteiger partial charge in [0.2, 0.25) is 5.91 Å². The standard InChI is InChI=1S/C25H31F3N4O7/c1-24(2,3)39-23(36)32(10-9-29-22(35)25(26,27)28)21(34)14-5-7-15(8-6-14)38-19-11-16-17(12-18(19)37-4)30-13-31-20(16)33/h11-15H,5-10H2,1-4H3,(H,29,35)(H,30,31,33)/p-1. The quantitative estimate of drug-likeness (QED) is 0.405. The van der Waals surface area contributed by atoms with Crippen LogP contribution in [-0.4, -0.2) is 70.8 Å². The van der Waals surface area contributed by atoms with Gasteiger partial charge in [0.1, 0.15) is 5.60 Å². The van der Waals surface area contributed by atoms with E-state index in [-0.39, 0.29) is 11.7 Å². The lowest BCUT2D eigenvalue weighted by atomic mass is 9.86. The average Bonchev–Trinajstić information content (AvgIpc) is 2.85. The van der Waals surface area contributed by atoms with Gasteiger partial charge in [-0.3, -0.25) is 14.6 Å². The van der Waals surface area contributed by atoms with Crippen LogP contribution in [0, 0.1) is 5.92 Å². The second-order valence-electron chi connectivity index (χ2n) is 10.00. The van der Waals surface area contributed by atoms with Crippen molar-refractivity contribution in [2.45, 2.75) is 64.3 Å². The molecule has 0 atom stereocenters. The van der Waals surface area contributed by atoms with E-state index in [1.807, 2.05) is 0 Å². The molecule has 1 saturated carbocycles. The van der Waals surface area contributed by atoms with E-state index in [0.29, 0.717) is 53.0 Å². The van der Waals surface area contributed by atoms with Gasteiger partial charge in [0.15, 0.2) is 11.5 Å². The molecule has 0 bridgehead atoms. The number of carbonyl (C=O) groups is 2. The Bertz CT molecular complexity index is 1280. The van der Waals surface area contributed by atoms with E-state index in [1.54, 1.807) is 26.8 Å². The van der Waals surface area contributed by atoms with Crippen LogP contribution in [0.1, 0.15) is 46.5 Å². The van der Waals surface area contributed by atoms with Gasteiger partial charge in [-0.15, -0.1) is 0 Å². The molecule has 1 N–H and O–H groups in total. The highest BCUT2D eigenvalue weighted by Crippen LogP contribution is 2.35.